The van der Waals surface area contributed by atoms with Gasteiger partial charge in [0.15, 0.2) is 0 Å². The number of hydrogen-bond acceptors (Lipinski definition) is 2. The van der Waals surface area contributed by atoms with E-state index in [-0.39, 0.29) is 0 Å². The van der Waals surface area contributed by atoms with Crippen LogP contribution in [0.1, 0.15) is 26.7 Å². The molecule has 0 amide bonds. The average molecular weight is 301 g/mol. The second-order valence-corrected chi connectivity index (χ2v) is 6.15. The summed E-state index contributed by atoms with van der Waals surface area (Å²) >= 11 is 12.0. The maximum Gasteiger partial charge on any atom is 0.0612 e. The molecule has 1 heterocycles. The van der Waals surface area contributed by atoms with Crippen LogP contribution in [0.2, 0.25) is 10.0 Å². The second kappa shape index (κ2) is 6.83. The molecule has 1 N–H and O–H groups in total. The van der Waals surface area contributed by atoms with E-state index in [9.17, 15) is 0 Å². The molecule has 2 rings (SSSR count). The van der Waals surface area contributed by atoms with Gasteiger partial charge in [-0.25, -0.2) is 0 Å². The maximum atomic E-state index is 6.04. The van der Waals surface area contributed by atoms with Crippen LogP contribution in [0.15, 0.2) is 18.2 Å². The molecule has 19 heavy (non-hydrogen) atoms. The molecule has 1 fully saturated rings. The Labute approximate surface area is 126 Å². The predicted molar refractivity (Wildman–Crippen MR) is 84.4 cm³/mol. The molecule has 0 radical (unpaired) electrons. The van der Waals surface area contributed by atoms with E-state index >= 15 is 0 Å². The van der Waals surface area contributed by atoms with E-state index in [0.29, 0.717) is 16.1 Å². The molecule has 2 nitrogen and oxygen atoms in total. The number of anilines is 1. The third-order valence-corrected chi connectivity index (χ3v) is 4.84. The highest BCUT2D eigenvalue weighted by atomic mass is 35.5. The molecule has 0 bridgehead atoms. The second-order valence-electron chi connectivity index (χ2n) is 5.33. The average Bonchev–Trinajstić information content (AvgIpc) is 2.43. The summed E-state index contributed by atoms with van der Waals surface area (Å²) in [6.45, 7) is 8.09. The molecule has 1 aromatic carbocycles. The standard InChI is InChI=1S/C15H22Cl2N2/c1-3-19-8-6-12(7-9-19)11(2)18-13-4-5-14(16)15(17)10-13/h4-5,10-12,18H,3,6-9H2,1-2H3. The lowest BCUT2D eigenvalue weighted by Crippen LogP contribution is -2.39. The largest absolute Gasteiger partial charge is 0.382 e. The van der Waals surface area contributed by atoms with Gasteiger partial charge in [-0.15, -0.1) is 0 Å². The highest BCUT2D eigenvalue weighted by Crippen LogP contribution is 2.27. The van der Waals surface area contributed by atoms with Crippen molar-refractivity contribution in [1.82, 2.24) is 4.90 Å². The molecule has 1 aromatic rings. The molecular weight excluding hydrogens is 279 g/mol. The number of likely N-dealkylation sites (tertiary alicyclic amines) is 1. The monoisotopic (exact) mass is 300 g/mol. The van der Waals surface area contributed by atoms with Crippen LogP contribution in [0.5, 0.6) is 0 Å². The molecule has 1 saturated heterocycles. The van der Waals surface area contributed by atoms with Gasteiger partial charge in [-0.2, -0.15) is 0 Å². The lowest BCUT2D eigenvalue weighted by Gasteiger charge is -2.34. The maximum absolute atomic E-state index is 6.04. The first-order chi connectivity index (χ1) is 9.10. The van der Waals surface area contributed by atoms with Gasteiger partial charge in [-0.1, -0.05) is 30.1 Å². The van der Waals surface area contributed by atoms with Gasteiger partial charge in [0, 0.05) is 11.7 Å². The molecule has 1 atom stereocenters. The van der Waals surface area contributed by atoms with Crippen LogP contribution in [0, 0.1) is 5.92 Å². The normalized spacial score (nSPS) is 19.4. The summed E-state index contributed by atoms with van der Waals surface area (Å²) in [6.07, 6.45) is 2.53. The molecule has 106 valence electrons. The van der Waals surface area contributed by atoms with Gasteiger partial charge < -0.3 is 10.2 Å². The number of halogens is 2. The van der Waals surface area contributed by atoms with Crippen molar-refractivity contribution in [2.24, 2.45) is 5.92 Å². The van der Waals surface area contributed by atoms with Crippen LogP contribution in [-0.4, -0.2) is 30.6 Å². The summed E-state index contributed by atoms with van der Waals surface area (Å²) in [6, 6.07) is 6.21. The minimum Gasteiger partial charge on any atom is -0.382 e. The summed E-state index contributed by atoms with van der Waals surface area (Å²) in [5.41, 5.74) is 1.06. The topological polar surface area (TPSA) is 15.3 Å². The predicted octanol–water partition coefficient (Wildman–Crippen LogP) is 4.53. The van der Waals surface area contributed by atoms with Crippen LogP contribution in [-0.2, 0) is 0 Å². The van der Waals surface area contributed by atoms with Crippen molar-refractivity contribution in [3.8, 4) is 0 Å². The number of hydrogen-bond donors (Lipinski definition) is 1. The molecule has 0 aromatic heterocycles. The van der Waals surface area contributed by atoms with Crippen molar-refractivity contribution in [1.29, 1.82) is 0 Å². The lowest BCUT2D eigenvalue weighted by atomic mass is 9.90. The van der Waals surface area contributed by atoms with Crippen LogP contribution < -0.4 is 5.32 Å². The van der Waals surface area contributed by atoms with Gasteiger partial charge >= 0.3 is 0 Å². The number of nitrogens with one attached hydrogen (secondary N) is 1. The van der Waals surface area contributed by atoms with E-state index in [1.165, 1.54) is 32.5 Å². The van der Waals surface area contributed by atoms with Crippen molar-refractivity contribution in [2.75, 3.05) is 25.0 Å². The first-order valence-corrected chi connectivity index (χ1v) is 7.79. The van der Waals surface area contributed by atoms with Crippen LogP contribution in [0.3, 0.4) is 0 Å². The Morgan fingerprint density at radius 3 is 2.53 bits per heavy atom. The van der Waals surface area contributed by atoms with Crippen LogP contribution >= 0.6 is 23.2 Å². The van der Waals surface area contributed by atoms with E-state index in [1.807, 2.05) is 18.2 Å². The van der Waals surface area contributed by atoms with Crippen LogP contribution in [0.25, 0.3) is 0 Å². The molecule has 0 aliphatic carbocycles. The van der Waals surface area contributed by atoms with Gasteiger partial charge in [-0.3, -0.25) is 0 Å². The van der Waals surface area contributed by atoms with E-state index in [4.69, 9.17) is 23.2 Å². The van der Waals surface area contributed by atoms with Gasteiger partial charge in [0.05, 0.1) is 10.0 Å². The Bertz CT molecular complexity index is 415. The molecular formula is C15H22Cl2N2. The van der Waals surface area contributed by atoms with E-state index < -0.39 is 0 Å². The van der Waals surface area contributed by atoms with Crippen molar-refractivity contribution < 1.29 is 0 Å². The minimum atomic E-state index is 0.469. The summed E-state index contributed by atoms with van der Waals surface area (Å²) < 4.78 is 0. The molecule has 0 saturated carbocycles. The molecule has 1 aliphatic heterocycles. The van der Waals surface area contributed by atoms with Crippen molar-refractivity contribution >= 4 is 28.9 Å². The third kappa shape index (κ3) is 4.01. The first kappa shape index (κ1) is 15.0. The number of benzene rings is 1. The molecule has 0 spiro atoms. The Morgan fingerprint density at radius 2 is 1.95 bits per heavy atom. The number of nitrogens with zero attached hydrogens (tertiary/aromatic N) is 1. The molecule has 1 aliphatic rings. The van der Waals surface area contributed by atoms with Gasteiger partial charge in [0.1, 0.15) is 0 Å². The Morgan fingerprint density at radius 1 is 1.26 bits per heavy atom. The van der Waals surface area contributed by atoms with Gasteiger partial charge in [0.2, 0.25) is 0 Å². The lowest BCUT2D eigenvalue weighted by molar-refractivity contribution is 0.183. The fraction of sp³-hybridized carbons (Fsp3) is 0.600. The third-order valence-electron chi connectivity index (χ3n) is 4.10. The van der Waals surface area contributed by atoms with E-state index in [0.717, 1.165) is 11.6 Å². The van der Waals surface area contributed by atoms with Gasteiger partial charge in [0.25, 0.3) is 0 Å². The summed E-state index contributed by atoms with van der Waals surface area (Å²) in [4.78, 5) is 2.52. The zero-order chi connectivity index (χ0) is 13.8. The Balaban J connectivity index is 1.90. The number of piperidine rings is 1. The Kier molecular flexibility index (Phi) is 5.37. The van der Waals surface area contributed by atoms with E-state index in [1.54, 1.807) is 0 Å². The minimum absolute atomic E-state index is 0.469. The fourth-order valence-electron chi connectivity index (χ4n) is 2.74. The quantitative estimate of drug-likeness (QED) is 0.879. The van der Waals surface area contributed by atoms with Gasteiger partial charge in [-0.05, 0) is 63.5 Å². The van der Waals surface area contributed by atoms with Crippen LogP contribution in [0.4, 0.5) is 5.69 Å². The van der Waals surface area contributed by atoms with Crippen molar-refractivity contribution in [2.45, 2.75) is 32.7 Å². The molecule has 1 unspecified atom stereocenters. The summed E-state index contributed by atoms with van der Waals surface area (Å²) in [5, 5.41) is 4.77. The highest BCUT2D eigenvalue weighted by Gasteiger charge is 2.23. The van der Waals surface area contributed by atoms with E-state index in [2.05, 4.69) is 24.1 Å². The number of rotatable bonds is 4. The zero-order valence-electron chi connectivity index (χ0n) is 11.6. The smallest absolute Gasteiger partial charge is 0.0612 e. The highest BCUT2D eigenvalue weighted by molar-refractivity contribution is 6.42. The van der Waals surface area contributed by atoms with Crippen molar-refractivity contribution in [3.05, 3.63) is 28.2 Å². The van der Waals surface area contributed by atoms with Crippen molar-refractivity contribution in [3.63, 3.8) is 0 Å². The summed E-state index contributed by atoms with van der Waals surface area (Å²) in [5.74, 6) is 0.734. The summed E-state index contributed by atoms with van der Waals surface area (Å²) in [7, 11) is 0. The zero-order valence-corrected chi connectivity index (χ0v) is 13.1. The first-order valence-electron chi connectivity index (χ1n) is 7.04. The molecule has 4 heteroatoms. The fourth-order valence-corrected chi connectivity index (χ4v) is 3.03. The SMILES string of the molecule is CCN1CCC(C(C)Nc2ccc(Cl)c(Cl)c2)CC1. The Hall–Kier alpha value is -0.440.